The van der Waals surface area contributed by atoms with Crippen LogP contribution in [0.25, 0.3) is 0 Å². The van der Waals surface area contributed by atoms with E-state index in [1.165, 1.54) is 5.56 Å². The minimum absolute atomic E-state index is 0.207. The van der Waals surface area contributed by atoms with Crippen LogP contribution in [0.5, 0.6) is 0 Å². The zero-order valence-corrected chi connectivity index (χ0v) is 12.5. The number of aliphatic carboxylic acids is 1. The SMILES string of the molecule is CC(c1ccncc1)N1CCCC(C(C)(C)C(=O)O)C1. The first-order chi connectivity index (χ1) is 9.43. The van der Waals surface area contributed by atoms with Gasteiger partial charge in [-0.1, -0.05) is 0 Å². The third kappa shape index (κ3) is 3.01. The van der Waals surface area contributed by atoms with Crippen LogP contribution in [-0.4, -0.2) is 34.0 Å². The van der Waals surface area contributed by atoms with Gasteiger partial charge in [0, 0.05) is 25.0 Å². The Morgan fingerprint density at radius 2 is 2.10 bits per heavy atom. The van der Waals surface area contributed by atoms with Crippen LogP contribution in [-0.2, 0) is 4.79 Å². The van der Waals surface area contributed by atoms with E-state index in [1.54, 1.807) is 0 Å². The Morgan fingerprint density at radius 1 is 1.45 bits per heavy atom. The van der Waals surface area contributed by atoms with E-state index in [-0.39, 0.29) is 5.92 Å². The molecule has 1 aromatic rings. The van der Waals surface area contributed by atoms with Crippen molar-refractivity contribution in [1.82, 2.24) is 9.88 Å². The number of carbonyl (C=O) groups is 1. The van der Waals surface area contributed by atoms with Crippen molar-refractivity contribution in [2.75, 3.05) is 13.1 Å². The predicted molar refractivity (Wildman–Crippen MR) is 78.4 cm³/mol. The number of carboxylic acids is 1. The molecule has 4 nitrogen and oxygen atoms in total. The summed E-state index contributed by atoms with van der Waals surface area (Å²) in [5.41, 5.74) is 0.588. The van der Waals surface area contributed by atoms with E-state index in [4.69, 9.17) is 0 Å². The Bertz CT molecular complexity index is 459. The van der Waals surface area contributed by atoms with Crippen LogP contribution in [0.3, 0.4) is 0 Å². The van der Waals surface area contributed by atoms with Crippen LogP contribution in [0.15, 0.2) is 24.5 Å². The largest absolute Gasteiger partial charge is 0.481 e. The number of carboxylic acid groups (broad SMARTS) is 1. The monoisotopic (exact) mass is 276 g/mol. The number of nitrogens with zero attached hydrogens (tertiary/aromatic N) is 2. The van der Waals surface area contributed by atoms with E-state index in [0.717, 1.165) is 25.9 Å². The molecule has 1 aliphatic rings. The average Bonchev–Trinajstić information content (AvgIpc) is 2.47. The topological polar surface area (TPSA) is 53.4 Å². The molecule has 4 heteroatoms. The van der Waals surface area contributed by atoms with E-state index in [1.807, 2.05) is 38.4 Å². The Balaban J connectivity index is 2.09. The Morgan fingerprint density at radius 3 is 2.70 bits per heavy atom. The molecule has 0 aromatic carbocycles. The molecule has 1 saturated heterocycles. The highest BCUT2D eigenvalue weighted by Gasteiger charge is 2.39. The molecular formula is C16H24N2O2. The van der Waals surface area contributed by atoms with Gasteiger partial charge in [0.25, 0.3) is 0 Å². The van der Waals surface area contributed by atoms with Crippen molar-refractivity contribution < 1.29 is 9.90 Å². The quantitative estimate of drug-likeness (QED) is 0.918. The molecule has 0 radical (unpaired) electrons. The smallest absolute Gasteiger partial charge is 0.309 e. The number of aromatic nitrogens is 1. The van der Waals surface area contributed by atoms with Crippen molar-refractivity contribution in [2.45, 2.75) is 39.7 Å². The summed E-state index contributed by atoms with van der Waals surface area (Å²) in [5, 5.41) is 9.41. The number of pyridine rings is 1. The number of hydrogen-bond donors (Lipinski definition) is 1. The first-order valence-electron chi connectivity index (χ1n) is 7.30. The molecule has 0 amide bonds. The lowest BCUT2D eigenvalue weighted by molar-refractivity contribution is -0.151. The van der Waals surface area contributed by atoms with Crippen molar-refractivity contribution >= 4 is 5.97 Å². The average molecular weight is 276 g/mol. The van der Waals surface area contributed by atoms with Gasteiger partial charge >= 0.3 is 5.97 Å². The second-order valence-corrected chi connectivity index (χ2v) is 6.32. The lowest BCUT2D eigenvalue weighted by Crippen LogP contribution is -2.45. The van der Waals surface area contributed by atoms with Crippen molar-refractivity contribution in [3.8, 4) is 0 Å². The first-order valence-corrected chi connectivity index (χ1v) is 7.30. The molecule has 1 aliphatic heterocycles. The van der Waals surface area contributed by atoms with Gasteiger partial charge in [0.15, 0.2) is 0 Å². The molecule has 2 heterocycles. The highest BCUT2D eigenvalue weighted by molar-refractivity contribution is 5.74. The van der Waals surface area contributed by atoms with Gasteiger partial charge in [-0.3, -0.25) is 14.7 Å². The van der Waals surface area contributed by atoms with E-state index < -0.39 is 11.4 Å². The molecule has 1 fully saturated rings. The molecular weight excluding hydrogens is 252 g/mol. The molecule has 0 saturated carbocycles. The zero-order chi connectivity index (χ0) is 14.8. The van der Waals surface area contributed by atoms with Gasteiger partial charge in [0.1, 0.15) is 0 Å². The molecule has 1 aromatic heterocycles. The lowest BCUT2D eigenvalue weighted by atomic mass is 9.74. The van der Waals surface area contributed by atoms with Crippen LogP contribution in [0.4, 0.5) is 0 Å². The fraction of sp³-hybridized carbons (Fsp3) is 0.625. The van der Waals surface area contributed by atoms with E-state index in [2.05, 4.69) is 16.8 Å². The number of likely N-dealkylation sites (tertiary alicyclic amines) is 1. The van der Waals surface area contributed by atoms with E-state index in [9.17, 15) is 9.90 Å². The van der Waals surface area contributed by atoms with Crippen LogP contribution in [0.2, 0.25) is 0 Å². The number of hydrogen-bond acceptors (Lipinski definition) is 3. The standard InChI is InChI=1S/C16H24N2O2/c1-12(13-6-8-17-9-7-13)18-10-4-5-14(11-18)16(2,3)15(19)20/h6-9,12,14H,4-5,10-11H2,1-3H3,(H,19,20). The predicted octanol–water partition coefficient (Wildman–Crippen LogP) is 2.97. The van der Waals surface area contributed by atoms with Crippen LogP contribution < -0.4 is 0 Å². The van der Waals surface area contributed by atoms with Gasteiger partial charge < -0.3 is 5.11 Å². The summed E-state index contributed by atoms with van der Waals surface area (Å²) in [6, 6.07) is 4.39. The van der Waals surface area contributed by atoms with Crippen LogP contribution in [0, 0.1) is 11.3 Å². The minimum atomic E-state index is -0.694. The van der Waals surface area contributed by atoms with Crippen molar-refractivity contribution in [3.63, 3.8) is 0 Å². The Kier molecular flexibility index (Phi) is 4.43. The highest BCUT2D eigenvalue weighted by Crippen LogP contribution is 2.36. The third-order valence-electron chi connectivity index (χ3n) is 4.76. The maximum Gasteiger partial charge on any atom is 0.309 e. The Hall–Kier alpha value is -1.42. The van der Waals surface area contributed by atoms with Crippen molar-refractivity contribution in [3.05, 3.63) is 30.1 Å². The number of piperidine rings is 1. The summed E-state index contributed by atoms with van der Waals surface area (Å²) in [7, 11) is 0. The third-order valence-corrected chi connectivity index (χ3v) is 4.76. The zero-order valence-electron chi connectivity index (χ0n) is 12.5. The molecule has 1 N–H and O–H groups in total. The van der Waals surface area contributed by atoms with Gasteiger partial charge in [0.05, 0.1) is 5.41 Å². The summed E-state index contributed by atoms with van der Waals surface area (Å²) in [6.45, 7) is 7.77. The maximum absolute atomic E-state index is 11.4. The van der Waals surface area contributed by atoms with Gasteiger partial charge in [-0.25, -0.2) is 0 Å². The second kappa shape index (κ2) is 5.92. The van der Waals surface area contributed by atoms with Gasteiger partial charge in [-0.15, -0.1) is 0 Å². The lowest BCUT2D eigenvalue weighted by Gasteiger charge is -2.41. The van der Waals surface area contributed by atoms with Gasteiger partial charge in [-0.05, 0) is 63.8 Å². The van der Waals surface area contributed by atoms with Crippen molar-refractivity contribution in [2.24, 2.45) is 11.3 Å². The van der Waals surface area contributed by atoms with Gasteiger partial charge in [0.2, 0.25) is 0 Å². The highest BCUT2D eigenvalue weighted by atomic mass is 16.4. The molecule has 0 spiro atoms. The van der Waals surface area contributed by atoms with E-state index in [0.29, 0.717) is 6.04 Å². The molecule has 2 unspecified atom stereocenters. The summed E-state index contributed by atoms with van der Waals surface area (Å²) in [6.07, 6.45) is 5.69. The fourth-order valence-corrected chi connectivity index (χ4v) is 2.97. The maximum atomic E-state index is 11.4. The molecule has 2 atom stereocenters. The van der Waals surface area contributed by atoms with Gasteiger partial charge in [-0.2, -0.15) is 0 Å². The molecule has 20 heavy (non-hydrogen) atoms. The Labute approximate surface area is 120 Å². The van der Waals surface area contributed by atoms with Crippen molar-refractivity contribution in [1.29, 1.82) is 0 Å². The fourth-order valence-electron chi connectivity index (χ4n) is 2.97. The van der Waals surface area contributed by atoms with Crippen LogP contribution in [0.1, 0.15) is 45.2 Å². The number of rotatable bonds is 4. The van der Waals surface area contributed by atoms with E-state index >= 15 is 0 Å². The summed E-state index contributed by atoms with van der Waals surface area (Å²) in [4.78, 5) is 17.9. The summed E-state index contributed by atoms with van der Waals surface area (Å²) < 4.78 is 0. The molecule has 0 aliphatic carbocycles. The molecule has 110 valence electrons. The summed E-state index contributed by atoms with van der Waals surface area (Å²) >= 11 is 0. The first kappa shape index (κ1) is 15.0. The molecule has 0 bridgehead atoms. The normalized spacial score (nSPS) is 22.4. The second-order valence-electron chi connectivity index (χ2n) is 6.32. The van der Waals surface area contributed by atoms with Crippen LogP contribution >= 0.6 is 0 Å². The summed E-state index contributed by atoms with van der Waals surface area (Å²) in [5.74, 6) is -0.487. The minimum Gasteiger partial charge on any atom is -0.481 e. The molecule has 2 rings (SSSR count).